The summed E-state index contributed by atoms with van der Waals surface area (Å²) < 4.78 is 0.803. The molecule has 2 nitrogen and oxygen atoms in total. The van der Waals surface area contributed by atoms with Crippen molar-refractivity contribution in [2.45, 2.75) is 37.7 Å². The number of nitrogens with two attached hydrogens (primary N) is 1. The Labute approximate surface area is 71.2 Å². The molecular weight excluding hydrogens is 229 g/mol. The minimum absolute atomic E-state index is 0.162. The van der Waals surface area contributed by atoms with Gasteiger partial charge >= 0.3 is 0 Å². The zero-order valence-corrected chi connectivity index (χ0v) is 8.68. The number of rotatable bonds is 1. The highest BCUT2D eigenvalue weighted by Crippen LogP contribution is 1.91. The van der Waals surface area contributed by atoms with Crippen LogP contribution < -0.4 is 5.90 Å². The lowest BCUT2D eigenvalue weighted by Gasteiger charge is -1.93. The second kappa shape index (κ2) is 8.65. The van der Waals surface area contributed by atoms with E-state index in [1.807, 2.05) is 13.8 Å². The first-order valence-electron chi connectivity index (χ1n) is 3.00. The standard InChI is InChI=1S/C3H7I.C3H9NO/c1-3(2)4;1-3(2)5-4/h3H,1-2H3;3H,4H2,1-2H3. The van der Waals surface area contributed by atoms with Crippen LogP contribution in [0.3, 0.4) is 0 Å². The van der Waals surface area contributed by atoms with Crippen molar-refractivity contribution in [3.05, 3.63) is 0 Å². The van der Waals surface area contributed by atoms with Crippen LogP contribution in [0.1, 0.15) is 27.7 Å². The second-order valence-corrected chi connectivity index (χ2v) is 4.69. The molecule has 0 rings (SSSR count). The molecule has 0 aliphatic carbocycles. The molecule has 0 radical (unpaired) electrons. The fraction of sp³-hybridized carbons (Fsp3) is 1.00. The van der Waals surface area contributed by atoms with Crippen molar-refractivity contribution < 1.29 is 4.84 Å². The Hall–Kier alpha value is 0.650. The Morgan fingerprint density at radius 1 is 1.22 bits per heavy atom. The van der Waals surface area contributed by atoms with Crippen LogP contribution in [-0.4, -0.2) is 10.0 Å². The van der Waals surface area contributed by atoms with Crippen LogP contribution in [0.5, 0.6) is 0 Å². The molecule has 58 valence electrons. The third-order valence-corrected chi connectivity index (χ3v) is 0.272. The summed E-state index contributed by atoms with van der Waals surface area (Å²) >= 11 is 2.34. The molecule has 0 aliphatic heterocycles. The SMILES string of the molecule is CC(C)I.CC(C)ON. The third kappa shape index (κ3) is 54.5. The molecule has 0 aromatic heterocycles. The Morgan fingerprint density at radius 3 is 1.33 bits per heavy atom. The smallest absolute Gasteiger partial charge is 0.0731 e. The quantitative estimate of drug-likeness (QED) is 0.436. The molecule has 9 heavy (non-hydrogen) atoms. The van der Waals surface area contributed by atoms with E-state index in [4.69, 9.17) is 0 Å². The Bertz CT molecular complexity index is 45.6. The maximum atomic E-state index is 4.67. The minimum atomic E-state index is 0.162. The van der Waals surface area contributed by atoms with Crippen LogP contribution in [0.2, 0.25) is 0 Å². The molecule has 0 spiro atoms. The van der Waals surface area contributed by atoms with E-state index in [9.17, 15) is 0 Å². The van der Waals surface area contributed by atoms with Crippen molar-refractivity contribution in [2.24, 2.45) is 5.90 Å². The van der Waals surface area contributed by atoms with Crippen LogP contribution in [0.25, 0.3) is 0 Å². The molecule has 2 N–H and O–H groups in total. The predicted molar refractivity (Wildman–Crippen MR) is 49.6 cm³/mol. The zero-order chi connectivity index (χ0) is 7.86. The van der Waals surface area contributed by atoms with Gasteiger partial charge < -0.3 is 4.84 Å². The molecule has 0 fully saturated rings. The van der Waals surface area contributed by atoms with E-state index < -0.39 is 0 Å². The van der Waals surface area contributed by atoms with Gasteiger partial charge in [0.1, 0.15) is 0 Å². The summed E-state index contributed by atoms with van der Waals surface area (Å²) in [6.45, 7) is 8.06. The largest absolute Gasteiger partial charge is 0.302 e. The van der Waals surface area contributed by atoms with Gasteiger partial charge in [-0.15, -0.1) is 0 Å². The monoisotopic (exact) mass is 245 g/mol. The lowest BCUT2D eigenvalue weighted by atomic mass is 10.5. The molecule has 3 heteroatoms. The normalized spacial score (nSPS) is 9.33. The van der Waals surface area contributed by atoms with E-state index in [-0.39, 0.29) is 6.10 Å². The van der Waals surface area contributed by atoms with Crippen LogP contribution >= 0.6 is 22.6 Å². The molecule has 0 atom stereocenters. The highest BCUT2D eigenvalue weighted by atomic mass is 127. The average molecular weight is 245 g/mol. The first-order valence-corrected chi connectivity index (χ1v) is 4.24. The van der Waals surface area contributed by atoms with E-state index in [2.05, 4.69) is 47.2 Å². The lowest BCUT2D eigenvalue weighted by molar-refractivity contribution is 0.0800. The third-order valence-electron chi connectivity index (χ3n) is 0.272. The van der Waals surface area contributed by atoms with Crippen LogP contribution in [0.15, 0.2) is 0 Å². The summed E-state index contributed by atoms with van der Waals surface area (Å²) in [4.78, 5) is 4.25. The highest BCUT2D eigenvalue weighted by Gasteiger charge is 1.79. The van der Waals surface area contributed by atoms with Gasteiger partial charge in [0, 0.05) is 3.92 Å². The van der Waals surface area contributed by atoms with E-state index >= 15 is 0 Å². The van der Waals surface area contributed by atoms with Gasteiger partial charge in [-0.25, -0.2) is 5.90 Å². The van der Waals surface area contributed by atoms with Crippen molar-refractivity contribution in [3.8, 4) is 0 Å². The van der Waals surface area contributed by atoms with Crippen molar-refractivity contribution in [1.82, 2.24) is 0 Å². The summed E-state index contributed by atoms with van der Waals surface area (Å²) in [5.74, 6) is 4.67. The van der Waals surface area contributed by atoms with E-state index in [0.717, 1.165) is 3.92 Å². The summed E-state index contributed by atoms with van der Waals surface area (Å²) in [6.07, 6.45) is 0.162. The molecule has 0 saturated heterocycles. The molecular formula is C6H16INO. The van der Waals surface area contributed by atoms with Crippen molar-refractivity contribution in [2.75, 3.05) is 0 Å². The Balaban J connectivity index is 0. The molecule has 0 bridgehead atoms. The van der Waals surface area contributed by atoms with Crippen LogP contribution in [0.4, 0.5) is 0 Å². The highest BCUT2D eigenvalue weighted by molar-refractivity contribution is 14.1. The van der Waals surface area contributed by atoms with E-state index in [0.29, 0.717) is 0 Å². The molecule has 0 aliphatic rings. The van der Waals surface area contributed by atoms with E-state index in [1.165, 1.54) is 0 Å². The predicted octanol–water partition coefficient (Wildman–Crippen LogP) is 2.11. The van der Waals surface area contributed by atoms with Crippen molar-refractivity contribution in [1.29, 1.82) is 0 Å². The fourth-order valence-electron chi connectivity index (χ4n) is 0. The minimum Gasteiger partial charge on any atom is -0.302 e. The average Bonchev–Trinajstić information content (AvgIpc) is 1.65. The summed E-state index contributed by atoms with van der Waals surface area (Å²) in [5.41, 5.74) is 0. The van der Waals surface area contributed by atoms with Gasteiger partial charge in [0.2, 0.25) is 0 Å². The first kappa shape index (κ1) is 12.3. The fourth-order valence-corrected chi connectivity index (χ4v) is 0. The maximum Gasteiger partial charge on any atom is 0.0731 e. The van der Waals surface area contributed by atoms with Gasteiger partial charge in [0.25, 0.3) is 0 Å². The van der Waals surface area contributed by atoms with Gasteiger partial charge in [0.05, 0.1) is 6.10 Å². The van der Waals surface area contributed by atoms with Crippen LogP contribution in [-0.2, 0) is 4.84 Å². The number of hydrogen-bond acceptors (Lipinski definition) is 2. The first-order chi connectivity index (χ1) is 4.00. The molecule has 0 amide bonds. The van der Waals surface area contributed by atoms with Gasteiger partial charge in [-0.2, -0.15) is 0 Å². The summed E-state index contributed by atoms with van der Waals surface area (Å²) in [5, 5.41) is 0. The van der Waals surface area contributed by atoms with Crippen molar-refractivity contribution in [3.63, 3.8) is 0 Å². The Kier molecular flexibility index (Phi) is 11.9. The zero-order valence-electron chi connectivity index (χ0n) is 6.52. The molecule has 0 heterocycles. The van der Waals surface area contributed by atoms with Gasteiger partial charge in [-0.3, -0.25) is 0 Å². The van der Waals surface area contributed by atoms with Gasteiger partial charge in [-0.1, -0.05) is 36.4 Å². The molecule has 0 aromatic rings. The summed E-state index contributed by atoms with van der Waals surface area (Å²) in [6, 6.07) is 0. The number of alkyl halides is 1. The lowest BCUT2D eigenvalue weighted by Crippen LogP contribution is -2.07. The molecule has 0 saturated carbocycles. The summed E-state index contributed by atoms with van der Waals surface area (Å²) in [7, 11) is 0. The number of hydrogen-bond donors (Lipinski definition) is 1. The Morgan fingerprint density at radius 2 is 1.33 bits per heavy atom. The second-order valence-electron chi connectivity index (χ2n) is 2.20. The number of halogens is 1. The van der Waals surface area contributed by atoms with Crippen molar-refractivity contribution >= 4 is 22.6 Å². The topological polar surface area (TPSA) is 35.2 Å². The molecule has 0 aromatic carbocycles. The van der Waals surface area contributed by atoms with Gasteiger partial charge in [0.15, 0.2) is 0 Å². The van der Waals surface area contributed by atoms with Gasteiger partial charge in [-0.05, 0) is 13.8 Å². The van der Waals surface area contributed by atoms with E-state index in [1.54, 1.807) is 0 Å². The maximum absolute atomic E-state index is 4.67. The van der Waals surface area contributed by atoms with Crippen LogP contribution in [0, 0.1) is 0 Å². The molecule has 0 unspecified atom stereocenters.